The molecule has 0 radical (unpaired) electrons. The van der Waals surface area contributed by atoms with Crippen molar-refractivity contribution >= 4 is 15.8 Å². The van der Waals surface area contributed by atoms with Gasteiger partial charge in [0.05, 0.1) is 12.0 Å². The lowest BCUT2D eigenvalue weighted by Gasteiger charge is -2.14. The van der Waals surface area contributed by atoms with E-state index in [2.05, 4.69) is 0 Å². The van der Waals surface area contributed by atoms with Crippen LogP contribution in [0.1, 0.15) is 18.1 Å². The fourth-order valence-corrected chi connectivity index (χ4v) is 3.11. The zero-order chi connectivity index (χ0) is 14.1. The molecule has 6 heteroatoms. The van der Waals surface area contributed by atoms with E-state index in [1.54, 1.807) is 19.9 Å². The highest BCUT2D eigenvalue weighted by Gasteiger charge is 2.31. The van der Waals surface area contributed by atoms with Gasteiger partial charge in [0.1, 0.15) is 5.75 Å². The molecule has 0 saturated heterocycles. The number of carboxylic acids is 1. The molecule has 1 aromatic carbocycles. The van der Waals surface area contributed by atoms with Crippen LogP contribution in [0.4, 0.5) is 0 Å². The van der Waals surface area contributed by atoms with Crippen LogP contribution in [-0.2, 0) is 14.6 Å². The zero-order valence-electron chi connectivity index (χ0n) is 10.7. The van der Waals surface area contributed by atoms with Gasteiger partial charge in [-0.05, 0) is 44.0 Å². The minimum atomic E-state index is -3.87. The Morgan fingerprint density at radius 3 is 2.28 bits per heavy atom. The second-order valence-corrected chi connectivity index (χ2v) is 6.35. The van der Waals surface area contributed by atoms with Crippen LogP contribution >= 0.6 is 0 Å². The minimum absolute atomic E-state index is 0.0377. The Labute approximate surface area is 106 Å². The summed E-state index contributed by atoms with van der Waals surface area (Å²) in [5.74, 6) is -0.780. The number of aryl methyl sites for hydroxylation is 2. The monoisotopic (exact) mass is 272 g/mol. The van der Waals surface area contributed by atoms with Gasteiger partial charge in [-0.2, -0.15) is 0 Å². The predicted octanol–water partition coefficient (Wildman–Crippen LogP) is 1.56. The summed E-state index contributed by atoms with van der Waals surface area (Å²) in [5.41, 5.74) is 1.13. The summed E-state index contributed by atoms with van der Waals surface area (Å²) in [6, 6.07) is 3.04. The van der Waals surface area contributed by atoms with Gasteiger partial charge < -0.3 is 9.84 Å². The topological polar surface area (TPSA) is 80.7 Å². The first-order valence-electron chi connectivity index (χ1n) is 5.33. The summed E-state index contributed by atoms with van der Waals surface area (Å²) in [6.07, 6.45) is 0. The summed E-state index contributed by atoms with van der Waals surface area (Å²) in [7, 11) is -2.38. The average Bonchev–Trinajstić information content (AvgIpc) is 2.30. The van der Waals surface area contributed by atoms with Gasteiger partial charge >= 0.3 is 5.97 Å². The fraction of sp³-hybridized carbons (Fsp3) is 0.417. The standard InChI is InChI=1S/C12H16O5S/c1-7-6-11(8(2)5-10(7)17-4)18(15,16)9(3)12(13)14/h5-6,9H,1-4H3,(H,13,14). The van der Waals surface area contributed by atoms with Gasteiger partial charge in [0.15, 0.2) is 15.1 Å². The van der Waals surface area contributed by atoms with Crippen molar-refractivity contribution in [2.24, 2.45) is 0 Å². The molecule has 0 aliphatic heterocycles. The van der Waals surface area contributed by atoms with Crippen LogP contribution in [0.15, 0.2) is 17.0 Å². The van der Waals surface area contributed by atoms with Gasteiger partial charge in [0.25, 0.3) is 0 Å². The highest BCUT2D eigenvalue weighted by atomic mass is 32.2. The Hall–Kier alpha value is -1.56. The SMILES string of the molecule is COc1cc(C)c(S(=O)(=O)C(C)C(=O)O)cc1C. The fourth-order valence-electron chi connectivity index (χ4n) is 1.61. The van der Waals surface area contributed by atoms with Gasteiger partial charge in [0, 0.05) is 0 Å². The molecule has 0 heterocycles. The molecule has 5 nitrogen and oxygen atoms in total. The van der Waals surface area contributed by atoms with Crippen molar-refractivity contribution in [2.75, 3.05) is 7.11 Å². The van der Waals surface area contributed by atoms with E-state index in [9.17, 15) is 13.2 Å². The third-order valence-corrected chi connectivity index (χ3v) is 5.00. The average molecular weight is 272 g/mol. The lowest BCUT2D eigenvalue weighted by molar-refractivity contribution is -0.136. The van der Waals surface area contributed by atoms with Crippen LogP contribution in [0.5, 0.6) is 5.75 Å². The second-order valence-electron chi connectivity index (χ2n) is 4.11. The number of rotatable bonds is 4. The van der Waals surface area contributed by atoms with Gasteiger partial charge in [-0.3, -0.25) is 4.79 Å². The smallest absolute Gasteiger partial charge is 0.321 e. The number of hydrogen-bond acceptors (Lipinski definition) is 4. The third-order valence-electron chi connectivity index (χ3n) is 2.81. The summed E-state index contributed by atoms with van der Waals surface area (Å²) < 4.78 is 29.3. The maximum atomic E-state index is 12.1. The van der Waals surface area contributed by atoms with Crippen molar-refractivity contribution in [1.29, 1.82) is 0 Å². The van der Waals surface area contributed by atoms with E-state index in [1.165, 1.54) is 13.2 Å². The van der Waals surface area contributed by atoms with Crippen molar-refractivity contribution in [3.05, 3.63) is 23.3 Å². The van der Waals surface area contributed by atoms with Crippen LogP contribution in [0, 0.1) is 13.8 Å². The maximum Gasteiger partial charge on any atom is 0.321 e. The molecule has 0 aromatic heterocycles. The van der Waals surface area contributed by atoms with Gasteiger partial charge in [-0.15, -0.1) is 0 Å². The molecule has 0 spiro atoms. The van der Waals surface area contributed by atoms with Crippen LogP contribution in [0.2, 0.25) is 0 Å². The summed E-state index contributed by atoms with van der Waals surface area (Å²) >= 11 is 0. The van der Waals surface area contributed by atoms with E-state index in [4.69, 9.17) is 9.84 Å². The van der Waals surface area contributed by atoms with Crippen LogP contribution in [0.3, 0.4) is 0 Å². The first kappa shape index (κ1) is 14.5. The molecule has 0 aliphatic carbocycles. The largest absolute Gasteiger partial charge is 0.496 e. The molecular formula is C12H16O5S. The van der Waals surface area contributed by atoms with Gasteiger partial charge in [0.2, 0.25) is 0 Å². The Bertz CT molecular complexity index is 574. The van der Waals surface area contributed by atoms with E-state index in [1.807, 2.05) is 0 Å². The number of methoxy groups -OCH3 is 1. The normalized spacial score (nSPS) is 13.1. The molecule has 1 rings (SSSR count). The molecule has 0 aliphatic rings. The quantitative estimate of drug-likeness (QED) is 0.899. The Morgan fingerprint density at radius 1 is 1.28 bits per heavy atom. The Morgan fingerprint density at radius 2 is 1.83 bits per heavy atom. The number of benzene rings is 1. The predicted molar refractivity (Wildman–Crippen MR) is 66.8 cm³/mol. The minimum Gasteiger partial charge on any atom is -0.496 e. The molecule has 1 atom stereocenters. The second kappa shape index (κ2) is 4.97. The molecule has 1 N–H and O–H groups in total. The number of ether oxygens (including phenoxy) is 1. The van der Waals surface area contributed by atoms with Crippen molar-refractivity contribution in [3.8, 4) is 5.75 Å². The van der Waals surface area contributed by atoms with E-state index >= 15 is 0 Å². The lowest BCUT2D eigenvalue weighted by atomic mass is 10.1. The zero-order valence-corrected chi connectivity index (χ0v) is 11.5. The lowest BCUT2D eigenvalue weighted by Crippen LogP contribution is -2.27. The molecule has 100 valence electrons. The molecule has 0 bridgehead atoms. The first-order valence-corrected chi connectivity index (χ1v) is 6.88. The summed E-state index contributed by atoms with van der Waals surface area (Å²) in [6.45, 7) is 4.49. The van der Waals surface area contributed by atoms with E-state index < -0.39 is 21.1 Å². The number of carboxylic acid groups (broad SMARTS) is 1. The van der Waals surface area contributed by atoms with Crippen molar-refractivity contribution in [3.63, 3.8) is 0 Å². The highest BCUT2D eigenvalue weighted by Crippen LogP contribution is 2.27. The number of carbonyl (C=O) groups is 1. The molecular weight excluding hydrogens is 256 g/mol. The summed E-state index contributed by atoms with van der Waals surface area (Å²) in [4.78, 5) is 10.9. The maximum absolute atomic E-state index is 12.1. The van der Waals surface area contributed by atoms with E-state index in [0.717, 1.165) is 6.92 Å². The molecule has 1 aromatic rings. The number of sulfone groups is 1. The van der Waals surface area contributed by atoms with Gasteiger partial charge in [-0.25, -0.2) is 8.42 Å². The number of hydrogen-bond donors (Lipinski definition) is 1. The number of aliphatic carboxylic acids is 1. The molecule has 18 heavy (non-hydrogen) atoms. The molecule has 1 unspecified atom stereocenters. The van der Waals surface area contributed by atoms with E-state index in [-0.39, 0.29) is 4.90 Å². The van der Waals surface area contributed by atoms with Crippen LogP contribution < -0.4 is 4.74 Å². The van der Waals surface area contributed by atoms with Crippen molar-refractivity contribution in [2.45, 2.75) is 30.9 Å². The van der Waals surface area contributed by atoms with Crippen molar-refractivity contribution < 1.29 is 23.1 Å². The molecule has 0 amide bonds. The third kappa shape index (κ3) is 2.48. The van der Waals surface area contributed by atoms with Crippen molar-refractivity contribution in [1.82, 2.24) is 0 Å². The summed E-state index contributed by atoms with van der Waals surface area (Å²) in [5, 5.41) is 7.37. The van der Waals surface area contributed by atoms with Gasteiger partial charge in [-0.1, -0.05) is 0 Å². The van der Waals surface area contributed by atoms with Crippen LogP contribution in [0.25, 0.3) is 0 Å². The van der Waals surface area contributed by atoms with E-state index in [0.29, 0.717) is 16.9 Å². The highest BCUT2D eigenvalue weighted by molar-refractivity contribution is 7.92. The first-order chi connectivity index (χ1) is 8.21. The Kier molecular flexibility index (Phi) is 4.01. The van der Waals surface area contributed by atoms with Crippen LogP contribution in [-0.4, -0.2) is 31.9 Å². The Balaban J connectivity index is 3.43. The molecule has 0 fully saturated rings. The molecule has 0 saturated carbocycles.